The Morgan fingerprint density at radius 2 is 2.04 bits per heavy atom. The first-order valence-electron chi connectivity index (χ1n) is 8.93. The van der Waals surface area contributed by atoms with Gasteiger partial charge in [-0.05, 0) is 67.9 Å². The molecule has 1 saturated heterocycles. The summed E-state index contributed by atoms with van der Waals surface area (Å²) in [4.78, 5) is 19.6. The minimum absolute atomic E-state index is 0.163. The summed E-state index contributed by atoms with van der Waals surface area (Å²) in [6.45, 7) is 5.15. The fourth-order valence-corrected chi connectivity index (χ4v) is 3.96. The molecule has 1 aliphatic heterocycles. The predicted octanol–water partition coefficient (Wildman–Crippen LogP) is 4.17. The predicted molar refractivity (Wildman–Crippen MR) is 94.7 cm³/mol. The molecule has 1 aliphatic carbocycles. The molecule has 3 heteroatoms. The van der Waals surface area contributed by atoms with E-state index in [1.54, 1.807) is 0 Å². The van der Waals surface area contributed by atoms with Crippen LogP contribution in [0.3, 0.4) is 0 Å². The number of hydrogen-bond donors (Lipinski definition) is 0. The first-order chi connectivity index (χ1) is 11.6. The molecule has 0 N–H and O–H groups in total. The first-order valence-corrected chi connectivity index (χ1v) is 8.93. The maximum absolute atomic E-state index is 13.0. The van der Waals surface area contributed by atoms with Gasteiger partial charge in [-0.15, -0.1) is 0 Å². The molecule has 2 aromatic rings. The smallest absolute Gasteiger partial charge is 0.226 e. The van der Waals surface area contributed by atoms with Crippen LogP contribution < -0.4 is 0 Å². The Balaban J connectivity index is 1.49. The van der Waals surface area contributed by atoms with Gasteiger partial charge >= 0.3 is 0 Å². The topological polar surface area (TPSA) is 33.2 Å². The molecule has 1 saturated carbocycles. The molecule has 4 rings (SSSR count). The van der Waals surface area contributed by atoms with Gasteiger partial charge in [-0.1, -0.05) is 24.3 Å². The van der Waals surface area contributed by atoms with Crippen LogP contribution in [0.4, 0.5) is 0 Å². The van der Waals surface area contributed by atoms with Gasteiger partial charge in [0, 0.05) is 18.7 Å². The van der Waals surface area contributed by atoms with E-state index in [4.69, 9.17) is 0 Å². The number of carbonyl (C=O) groups is 1. The number of carbonyl (C=O) groups excluding carboxylic acids is 1. The zero-order valence-corrected chi connectivity index (χ0v) is 14.4. The number of aryl methyl sites for hydroxylation is 2. The molecule has 0 spiro atoms. The standard InChI is InChI=1S/C21H24N2O/c1-14-8-9-16(12-15(14)2)17-13-18(17)21(24)23-11-5-7-20(23)19-6-3-4-10-22-19/h3-4,6,8-10,12,17-18,20H,5,7,11,13H2,1-2H3. The molecular weight excluding hydrogens is 296 g/mol. The number of benzene rings is 1. The molecule has 2 aliphatic rings. The van der Waals surface area contributed by atoms with Crippen molar-refractivity contribution >= 4 is 5.91 Å². The van der Waals surface area contributed by atoms with Gasteiger partial charge in [0.1, 0.15) is 0 Å². The normalized spacial score (nSPS) is 25.8. The number of likely N-dealkylation sites (tertiary alicyclic amines) is 1. The van der Waals surface area contributed by atoms with Gasteiger partial charge in [0.05, 0.1) is 11.7 Å². The molecule has 0 bridgehead atoms. The summed E-state index contributed by atoms with van der Waals surface area (Å²) < 4.78 is 0. The Bertz CT molecular complexity index is 756. The minimum Gasteiger partial charge on any atom is -0.334 e. The van der Waals surface area contributed by atoms with Crippen molar-refractivity contribution in [2.45, 2.75) is 45.1 Å². The molecule has 3 nitrogen and oxygen atoms in total. The summed E-state index contributed by atoms with van der Waals surface area (Å²) >= 11 is 0. The third kappa shape index (κ3) is 2.72. The van der Waals surface area contributed by atoms with Crippen molar-refractivity contribution in [3.8, 4) is 0 Å². The van der Waals surface area contributed by atoms with E-state index >= 15 is 0 Å². The molecule has 3 unspecified atom stereocenters. The second kappa shape index (κ2) is 6.04. The van der Waals surface area contributed by atoms with Gasteiger partial charge in [0.2, 0.25) is 5.91 Å². The van der Waals surface area contributed by atoms with Crippen LogP contribution >= 0.6 is 0 Å². The van der Waals surface area contributed by atoms with E-state index in [1.807, 2.05) is 24.4 Å². The van der Waals surface area contributed by atoms with Gasteiger partial charge in [0.25, 0.3) is 0 Å². The van der Waals surface area contributed by atoms with E-state index in [2.05, 4.69) is 41.9 Å². The molecule has 124 valence electrons. The van der Waals surface area contributed by atoms with Crippen molar-refractivity contribution < 1.29 is 4.79 Å². The van der Waals surface area contributed by atoms with E-state index in [9.17, 15) is 4.79 Å². The third-order valence-corrected chi connectivity index (χ3v) is 5.63. The summed E-state index contributed by atoms with van der Waals surface area (Å²) in [6.07, 6.45) is 4.93. The monoisotopic (exact) mass is 320 g/mol. The van der Waals surface area contributed by atoms with Gasteiger partial charge in [-0.3, -0.25) is 9.78 Å². The Morgan fingerprint density at radius 1 is 1.17 bits per heavy atom. The molecule has 24 heavy (non-hydrogen) atoms. The van der Waals surface area contributed by atoms with Crippen LogP contribution in [0.25, 0.3) is 0 Å². The lowest BCUT2D eigenvalue weighted by atomic mass is 10.0. The van der Waals surface area contributed by atoms with Crippen LogP contribution in [0.5, 0.6) is 0 Å². The summed E-state index contributed by atoms with van der Waals surface area (Å²) in [5.41, 5.74) is 4.99. The molecule has 1 amide bonds. The van der Waals surface area contributed by atoms with E-state index < -0.39 is 0 Å². The highest BCUT2D eigenvalue weighted by Crippen LogP contribution is 2.50. The Kier molecular flexibility index (Phi) is 3.87. The molecule has 1 aromatic heterocycles. The summed E-state index contributed by atoms with van der Waals surface area (Å²) in [7, 11) is 0. The molecule has 2 fully saturated rings. The van der Waals surface area contributed by atoms with E-state index in [0.29, 0.717) is 11.8 Å². The fourth-order valence-electron chi connectivity index (χ4n) is 3.96. The van der Waals surface area contributed by atoms with Crippen molar-refractivity contribution in [3.63, 3.8) is 0 Å². The Labute approximate surface area is 143 Å². The summed E-state index contributed by atoms with van der Waals surface area (Å²) in [5.74, 6) is 0.893. The number of nitrogens with zero attached hydrogens (tertiary/aromatic N) is 2. The lowest BCUT2D eigenvalue weighted by molar-refractivity contribution is -0.133. The lowest BCUT2D eigenvalue weighted by Gasteiger charge is -2.24. The second-order valence-corrected chi connectivity index (χ2v) is 7.24. The Hall–Kier alpha value is -2.16. The highest BCUT2D eigenvalue weighted by molar-refractivity contribution is 5.83. The van der Waals surface area contributed by atoms with Crippen LogP contribution in [0, 0.1) is 19.8 Å². The largest absolute Gasteiger partial charge is 0.334 e. The molecule has 0 radical (unpaired) electrons. The molecule has 1 aromatic carbocycles. The third-order valence-electron chi connectivity index (χ3n) is 5.63. The zero-order valence-electron chi connectivity index (χ0n) is 14.4. The molecule has 2 heterocycles. The highest BCUT2D eigenvalue weighted by Gasteiger charge is 2.47. The minimum atomic E-state index is 0.163. The van der Waals surface area contributed by atoms with Crippen molar-refractivity contribution in [1.82, 2.24) is 9.88 Å². The molecular formula is C21H24N2O. The first kappa shape index (κ1) is 15.4. The van der Waals surface area contributed by atoms with Crippen LogP contribution in [0.15, 0.2) is 42.6 Å². The average Bonchev–Trinajstić information content (AvgIpc) is 3.25. The van der Waals surface area contributed by atoms with Crippen molar-refractivity contribution in [2.75, 3.05) is 6.54 Å². The van der Waals surface area contributed by atoms with Crippen molar-refractivity contribution in [2.24, 2.45) is 5.92 Å². The number of aromatic nitrogens is 1. The fraction of sp³-hybridized carbons (Fsp3) is 0.429. The highest BCUT2D eigenvalue weighted by atomic mass is 16.2. The lowest BCUT2D eigenvalue weighted by Crippen LogP contribution is -2.32. The van der Waals surface area contributed by atoms with Crippen molar-refractivity contribution in [3.05, 3.63) is 65.0 Å². The Morgan fingerprint density at radius 3 is 2.79 bits per heavy atom. The number of hydrogen-bond acceptors (Lipinski definition) is 2. The van der Waals surface area contributed by atoms with Crippen LogP contribution in [-0.4, -0.2) is 22.3 Å². The quantitative estimate of drug-likeness (QED) is 0.850. The van der Waals surface area contributed by atoms with Crippen LogP contribution in [0.2, 0.25) is 0 Å². The number of rotatable bonds is 3. The molecule has 3 atom stereocenters. The van der Waals surface area contributed by atoms with E-state index in [0.717, 1.165) is 31.5 Å². The van der Waals surface area contributed by atoms with Gasteiger partial charge in [-0.2, -0.15) is 0 Å². The van der Waals surface area contributed by atoms with Gasteiger partial charge < -0.3 is 4.90 Å². The summed E-state index contributed by atoms with van der Waals surface area (Å²) in [6, 6.07) is 12.8. The number of pyridine rings is 1. The van der Waals surface area contributed by atoms with E-state index in [1.165, 1.54) is 16.7 Å². The van der Waals surface area contributed by atoms with Crippen LogP contribution in [0.1, 0.15) is 53.6 Å². The van der Waals surface area contributed by atoms with Crippen LogP contribution in [-0.2, 0) is 4.79 Å². The van der Waals surface area contributed by atoms with Gasteiger partial charge in [0.15, 0.2) is 0 Å². The average molecular weight is 320 g/mol. The maximum atomic E-state index is 13.0. The SMILES string of the molecule is Cc1ccc(C2CC2C(=O)N2CCCC2c2ccccn2)cc1C. The van der Waals surface area contributed by atoms with Gasteiger partial charge in [-0.25, -0.2) is 0 Å². The van der Waals surface area contributed by atoms with E-state index in [-0.39, 0.29) is 12.0 Å². The maximum Gasteiger partial charge on any atom is 0.226 e. The summed E-state index contributed by atoms with van der Waals surface area (Å²) in [5, 5.41) is 0. The second-order valence-electron chi connectivity index (χ2n) is 7.24. The number of amides is 1. The zero-order chi connectivity index (χ0) is 16.7. The van der Waals surface area contributed by atoms with Crippen molar-refractivity contribution in [1.29, 1.82) is 0 Å².